The molecule has 2 bridgehead atoms. The van der Waals surface area contributed by atoms with E-state index >= 15 is 0 Å². The third kappa shape index (κ3) is 8.09. The maximum absolute atomic E-state index is 14.8. The summed E-state index contributed by atoms with van der Waals surface area (Å²) in [6.07, 6.45) is 7.71. The number of nitrogens with zero attached hydrogens (tertiary/aromatic N) is 3. The molecule has 1 saturated heterocycles. The Balaban J connectivity index is 1.21. The fourth-order valence-corrected chi connectivity index (χ4v) is 10.2. The highest BCUT2D eigenvalue weighted by Crippen LogP contribution is 2.57. The van der Waals surface area contributed by atoms with Gasteiger partial charge in [-0.05, 0) is 48.6 Å². The lowest BCUT2D eigenvalue weighted by Crippen LogP contribution is -2.48. The molecule has 2 saturated carbocycles. The first kappa shape index (κ1) is 40.9. The van der Waals surface area contributed by atoms with Gasteiger partial charge in [-0.25, -0.2) is 9.97 Å². The van der Waals surface area contributed by atoms with E-state index in [2.05, 4.69) is 32.6 Å². The van der Waals surface area contributed by atoms with Crippen LogP contribution in [0, 0.1) is 40.4 Å². The van der Waals surface area contributed by atoms with Gasteiger partial charge in [0.1, 0.15) is 28.7 Å². The Hall–Kier alpha value is -4.29. The van der Waals surface area contributed by atoms with Crippen LogP contribution in [-0.4, -0.2) is 75.5 Å². The number of carbonyl (C=O) groups is 4. The minimum absolute atomic E-state index is 0.0385. The van der Waals surface area contributed by atoms with E-state index in [-0.39, 0.29) is 61.4 Å². The molecule has 13 heteroatoms. The second-order valence-electron chi connectivity index (χ2n) is 17.7. The van der Waals surface area contributed by atoms with E-state index in [1.807, 2.05) is 32.2 Å². The molecule has 4 aliphatic rings. The van der Waals surface area contributed by atoms with Crippen LogP contribution in [0.25, 0.3) is 22.3 Å². The van der Waals surface area contributed by atoms with E-state index in [1.165, 1.54) is 12.0 Å². The fourth-order valence-electron chi connectivity index (χ4n) is 8.91. The topological polar surface area (TPSA) is 145 Å². The number of fused-ring (bicyclic) bond motifs is 3. The van der Waals surface area contributed by atoms with Crippen molar-refractivity contribution in [2.24, 2.45) is 40.4 Å². The van der Waals surface area contributed by atoms with E-state index in [0.717, 1.165) is 24.3 Å². The average molecular weight is 818 g/mol. The van der Waals surface area contributed by atoms with Gasteiger partial charge in [-0.3, -0.25) is 19.2 Å². The zero-order valence-electron chi connectivity index (χ0n) is 33.5. The van der Waals surface area contributed by atoms with Crippen LogP contribution in [0.3, 0.4) is 0 Å². The third-order valence-electron chi connectivity index (χ3n) is 12.3. The number of halogens is 1. The molecule has 3 fully saturated rings. The Kier molecular flexibility index (Phi) is 11.3. The second-order valence-corrected chi connectivity index (χ2v) is 19.0. The number of rotatable bonds is 15. The fraction of sp³-hybridized carbons (Fsp3) is 0.545. The van der Waals surface area contributed by atoms with E-state index in [4.69, 9.17) is 35.8 Å². The van der Waals surface area contributed by atoms with E-state index in [0.29, 0.717) is 51.2 Å². The van der Waals surface area contributed by atoms with Crippen molar-refractivity contribution in [3.05, 3.63) is 58.4 Å². The summed E-state index contributed by atoms with van der Waals surface area (Å²) >= 11 is 8.40. The summed E-state index contributed by atoms with van der Waals surface area (Å²) in [5.41, 5.74) is -0.273. The Morgan fingerprint density at radius 3 is 2.42 bits per heavy atom. The molecule has 57 heavy (non-hydrogen) atoms. The van der Waals surface area contributed by atoms with Crippen LogP contribution >= 0.6 is 22.9 Å². The third-order valence-corrected chi connectivity index (χ3v) is 13.5. The zero-order valence-corrected chi connectivity index (χ0v) is 35.0. The number of aliphatic carboxylic acids is 1. The van der Waals surface area contributed by atoms with Gasteiger partial charge in [0, 0.05) is 47.9 Å². The number of methoxy groups -OCH3 is 1. The molecule has 1 amide bonds. The van der Waals surface area contributed by atoms with Gasteiger partial charge >= 0.3 is 11.9 Å². The number of carboxylic acids is 1. The van der Waals surface area contributed by atoms with Gasteiger partial charge in [0.2, 0.25) is 5.91 Å². The SMILES string of the molecule is C=CC1C[C@]1(CC(=O)[C@@H]1C[C@@H](Oc2cc(-c3csc(CC(C)C)n3)nc3c(Cl)c(OC)ccc23)CN1C(=O)[C@@H](CC(=O)OC1C2C=CC1CC2)C(C)(C)C)C(=O)O. The molecule has 0 radical (unpaired) electrons. The number of ether oxygens (including phenoxy) is 3. The van der Waals surface area contributed by atoms with E-state index in [1.54, 1.807) is 29.5 Å². The molecule has 304 valence electrons. The van der Waals surface area contributed by atoms with Crippen LogP contribution in [0.2, 0.25) is 5.02 Å². The molecule has 1 aliphatic heterocycles. The van der Waals surface area contributed by atoms with Crippen molar-refractivity contribution < 1.29 is 38.5 Å². The summed E-state index contributed by atoms with van der Waals surface area (Å²) in [7, 11) is 1.53. The average Bonchev–Trinajstić information content (AvgIpc) is 3.61. The number of amides is 1. The lowest BCUT2D eigenvalue weighted by molar-refractivity contribution is -0.158. The Labute approximate surface area is 342 Å². The number of esters is 1. The molecule has 3 aliphatic carbocycles. The molecule has 7 rings (SSSR count). The normalized spacial score (nSPS) is 26.8. The number of ketones is 1. The number of pyridine rings is 1. The summed E-state index contributed by atoms with van der Waals surface area (Å²) in [5.74, 6) is -1.69. The van der Waals surface area contributed by atoms with Crippen molar-refractivity contribution in [2.75, 3.05) is 13.7 Å². The number of benzene rings is 1. The number of carboxylic acid groups (broad SMARTS) is 1. The molecule has 2 aromatic heterocycles. The van der Waals surface area contributed by atoms with Crippen LogP contribution in [0.1, 0.15) is 78.2 Å². The van der Waals surface area contributed by atoms with Gasteiger partial charge < -0.3 is 24.2 Å². The van der Waals surface area contributed by atoms with Gasteiger partial charge in [-0.15, -0.1) is 17.9 Å². The van der Waals surface area contributed by atoms with Gasteiger partial charge in [0.25, 0.3) is 0 Å². The summed E-state index contributed by atoms with van der Waals surface area (Å²) < 4.78 is 18.3. The number of likely N-dealkylation sites (tertiary alicyclic amines) is 1. The second kappa shape index (κ2) is 15.8. The molecule has 1 N–H and O–H groups in total. The number of carbonyl (C=O) groups excluding carboxylic acids is 3. The summed E-state index contributed by atoms with van der Waals surface area (Å²) in [5, 5.41) is 14.0. The minimum Gasteiger partial charge on any atom is -0.495 e. The van der Waals surface area contributed by atoms with Crippen LogP contribution in [0.5, 0.6) is 11.5 Å². The van der Waals surface area contributed by atoms with Crippen molar-refractivity contribution in [2.45, 2.75) is 97.8 Å². The van der Waals surface area contributed by atoms with Crippen molar-refractivity contribution >= 4 is 57.5 Å². The predicted molar refractivity (Wildman–Crippen MR) is 218 cm³/mol. The number of allylic oxidation sites excluding steroid dienone is 1. The first-order valence-electron chi connectivity index (χ1n) is 19.9. The van der Waals surface area contributed by atoms with Crippen LogP contribution < -0.4 is 9.47 Å². The Bertz CT molecular complexity index is 2110. The number of thiazole rings is 1. The lowest BCUT2D eigenvalue weighted by Gasteiger charge is -2.35. The number of aromatic nitrogens is 2. The predicted octanol–water partition coefficient (Wildman–Crippen LogP) is 8.36. The van der Waals surface area contributed by atoms with Crippen LogP contribution in [0.4, 0.5) is 0 Å². The number of hydrogen-bond acceptors (Lipinski definition) is 10. The van der Waals surface area contributed by atoms with Crippen LogP contribution in [0.15, 0.2) is 48.4 Å². The van der Waals surface area contributed by atoms with E-state index < -0.39 is 40.8 Å². The van der Waals surface area contributed by atoms with Crippen molar-refractivity contribution in [1.29, 1.82) is 0 Å². The molecule has 11 nitrogen and oxygen atoms in total. The molecular formula is C44H52ClN3O8S. The highest BCUT2D eigenvalue weighted by atomic mass is 35.5. The van der Waals surface area contributed by atoms with Gasteiger partial charge in [0.05, 0.1) is 59.4 Å². The van der Waals surface area contributed by atoms with Gasteiger partial charge in [0.15, 0.2) is 5.78 Å². The Morgan fingerprint density at radius 2 is 1.82 bits per heavy atom. The monoisotopic (exact) mass is 817 g/mol. The number of hydrogen-bond donors (Lipinski definition) is 1. The first-order valence-corrected chi connectivity index (χ1v) is 21.1. The zero-order chi connectivity index (χ0) is 41.0. The summed E-state index contributed by atoms with van der Waals surface area (Å²) in [6, 6.07) is 4.37. The molecule has 3 aromatic rings. The maximum Gasteiger partial charge on any atom is 0.310 e. The highest BCUT2D eigenvalue weighted by Gasteiger charge is 2.61. The quantitative estimate of drug-likeness (QED) is 0.117. The maximum atomic E-state index is 14.8. The lowest BCUT2D eigenvalue weighted by atomic mass is 9.77. The molecule has 3 unspecified atom stereocenters. The first-order chi connectivity index (χ1) is 27.0. The largest absolute Gasteiger partial charge is 0.495 e. The smallest absolute Gasteiger partial charge is 0.310 e. The van der Waals surface area contributed by atoms with E-state index in [9.17, 15) is 24.3 Å². The van der Waals surface area contributed by atoms with Crippen molar-refractivity contribution in [3.8, 4) is 22.9 Å². The molecule has 1 aromatic carbocycles. The Morgan fingerprint density at radius 1 is 1.11 bits per heavy atom. The standard InChI is InChI=1S/C44H52ClN3O8S/c1-8-26-19-44(26,42(52)53)20-33(49)32-16-27(21-48(32)41(51)29(43(4,5)6)17-37(50)56-40-24-9-10-25(40)12-11-24)55-35-18-30(31-22-57-36(46-31)15-23(2)3)47-39-28(35)13-14-34(54-7)38(39)45/h8-10,13-14,18,22-27,29,32,40H,1,11-12,15-17,19-21H2,2-7H3,(H,52,53)/t24?,25?,26?,27-,29-,32+,40?,44-/m1/s1. The number of Topliss-reactive ketones (excluding diaryl/α,β-unsaturated/α-hetero) is 1. The minimum atomic E-state index is -1.26. The molecule has 7 atom stereocenters. The highest BCUT2D eigenvalue weighted by molar-refractivity contribution is 7.09. The van der Waals surface area contributed by atoms with Crippen LogP contribution in [-0.2, 0) is 30.3 Å². The van der Waals surface area contributed by atoms with Gasteiger partial charge in [-0.1, -0.05) is 64.4 Å². The van der Waals surface area contributed by atoms with Crippen molar-refractivity contribution in [3.63, 3.8) is 0 Å². The summed E-state index contributed by atoms with van der Waals surface area (Å²) in [6.45, 7) is 13.8. The van der Waals surface area contributed by atoms with Crippen molar-refractivity contribution in [1.82, 2.24) is 14.9 Å². The summed E-state index contributed by atoms with van der Waals surface area (Å²) in [4.78, 5) is 66.4. The molecule has 3 heterocycles. The molecule has 0 spiro atoms. The van der Waals surface area contributed by atoms with Gasteiger partial charge in [-0.2, -0.15) is 0 Å². The molecular weight excluding hydrogens is 766 g/mol.